The van der Waals surface area contributed by atoms with E-state index in [1.807, 2.05) is 27.0 Å². The molecule has 0 saturated heterocycles. The summed E-state index contributed by atoms with van der Waals surface area (Å²) >= 11 is 0. The van der Waals surface area contributed by atoms with Gasteiger partial charge in [0.15, 0.2) is 0 Å². The second kappa shape index (κ2) is 30.2. The van der Waals surface area contributed by atoms with Crippen LogP contribution in [0.2, 0.25) is 0 Å². The third-order valence-corrected chi connectivity index (χ3v) is 4.00. The summed E-state index contributed by atoms with van der Waals surface area (Å²) in [6, 6.07) is 0. The molecule has 0 aromatic rings. The van der Waals surface area contributed by atoms with Gasteiger partial charge in [0.05, 0.1) is 46.2 Å². The van der Waals surface area contributed by atoms with Gasteiger partial charge in [0.25, 0.3) is 0 Å². The maximum absolute atomic E-state index is 5.50. The first-order valence-electron chi connectivity index (χ1n) is 12.2. The normalized spacial score (nSPS) is 12.5. The molecule has 194 valence electrons. The second-order valence-electron chi connectivity index (χ2n) is 6.91. The summed E-state index contributed by atoms with van der Waals surface area (Å²) < 4.78 is 21.7. The summed E-state index contributed by atoms with van der Waals surface area (Å²) in [7, 11) is 0. The zero-order valence-electron chi connectivity index (χ0n) is 21.5. The van der Waals surface area contributed by atoms with Crippen LogP contribution in [0.4, 0.5) is 0 Å². The third kappa shape index (κ3) is 28.2. The summed E-state index contributed by atoms with van der Waals surface area (Å²) in [5, 5.41) is 3.71. The second-order valence-corrected chi connectivity index (χ2v) is 6.91. The fourth-order valence-electron chi connectivity index (χ4n) is 2.27. The highest BCUT2D eigenvalue weighted by atomic mass is 16.6. The fraction of sp³-hybridized carbons (Fsp3) is 0.792. The van der Waals surface area contributed by atoms with E-state index in [1.54, 1.807) is 12.4 Å². The van der Waals surface area contributed by atoms with E-state index in [1.165, 1.54) is 0 Å². The molecule has 0 amide bonds. The summed E-state index contributed by atoms with van der Waals surface area (Å²) in [5.74, 6) is 5.39. The molecule has 0 spiro atoms. The van der Waals surface area contributed by atoms with Crippen LogP contribution >= 0.6 is 0 Å². The molecule has 0 aliphatic heterocycles. The van der Waals surface area contributed by atoms with Crippen molar-refractivity contribution in [2.75, 3.05) is 65.9 Å². The van der Waals surface area contributed by atoms with Gasteiger partial charge in [0.2, 0.25) is 0 Å². The van der Waals surface area contributed by atoms with Crippen molar-refractivity contribution in [2.24, 2.45) is 26.7 Å². The van der Waals surface area contributed by atoms with Gasteiger partial charge in [-0.05, 0) is 38.0 Å². The minimum absolute atomic E-state index is 0.323. The van der Waals surface area contributed by atoms with E-state index < -0.39 is 0 Å². The Balaban J connectivity index is 0. The summed E-state index contributed by atoms with van der Waals surface area (Å²) in [6.07, 6.45) is 10.4. The zero-order chi connectivity index (χ0) is 24.8. The summed E-state index contributed by atoms with van der Waals surface area (Å²) in [5.41, 5.74) is 6.99. The molecule has 0 unspecified atom stereocenters. The molecule has 0 bridgehead atoms. The molecule has 0 atom stereocenters. The Morgan fingerprint density at radius 1 is 0.727 bits per heavy atom. The number of nitrogens with zero attached hydrogens (tertiary/aromatic N) is 3. The van der Waals surface area contributed by atoms with Gasteiger partial charge < -0.3 is 30.5 Å². The SMILES string of the molecule is CC.CCCOCCOCCOCCOC/C(C=NCCCCCCN=C/C(C)=C\N)=N/N. The van der Waals surface area contributed by atoms with Crippen LogP contribution in [0, 0.1) is 0 Å². The molecular weight excluding hydrogens is 422 g/mol. The Labute approximate surface area is 201 Å². The predicted octanol–water partition coefficient (Wildman–Crippen LogP) is 3.37. The lowest BCUT2D eigenvalue weighted by Gasteiger charge is -2.07. The number of aliphatic imine (C=N–C) groups is 2. The number of hydrogen-bond acceptors (Lipinski definition) is 9. The molecule has 0 aliphatic carbocycles. The number of allylic oxidation sites excluding steroid dienone is 1. The van der Waals surface area contributed by atoms with Gasteiger partial charge in [-0.25, -0.2) is 0 Å². The van der Waals surface area contributed by atoms with Gasteiger partial charge in [-0.2, -0.15) is 5.10 Å². The maximum atomic E-state index is 5.50. The Bertz CT molecular complexity index is 511. The maximum Gasteiger partial charge on any atom is 0.103 e. The van der Waals surface area contributed by atoms with Crippen molar-refractivity contribution in [1.82, 2.24) is 0 Å². The van der Waals surface area contributed by atoms with Crippen LogP contribution in [0.3, 0.4) is 0 Å². The molecule has 0 radical (unpaired) electrons. The van der Waals surface area contributed by atoms with Crippen molar-refractivity contribution in [3.05, 3.63) is 11.8 Å². The number of hydrogen-bond donors (Lipinski definition) is 2. The minimum atomic E-state index is 0.323. The van der Waals surface area contributed by atoms with Crippen LogP contribution in [0.25, 0.3) is 0 Å². The number of unbranched alkanes of at least 4 members (excludes halogenated alkanes) is 3. The predicted molar refractivity (Wildman–Crippen MR) is 140 cm³/mol. The van der Waals surface area contributed by atoms with Crippen molar-refractivity contribution in [3.8, 4) is 0 Å². The zero-order valence-corrected chi connectivity index (χ0v) is 21.5. The monoisotopic (exact) mass is 471 g/mol. The first-order chi connectivity index (χ1) is 16.2. The van der Waals surface area contributed by atoms with E-state index in [-0.39, 0.29) is 0 Å². The highest BCUT2D eigenvalue weighted by Gasteiger charge is 1.97. The van der Waals surface area contributed by atoms with Crippen molar-refractivity contribution in [1.29, 1.82) is 0 Å². The molecule has 0 saturated carbocycles. The Morgan fingerprint density at radius 2 is 1.21 bits per heavy atom. The van der Waals surface area contributed by atoms with Gasteiger partial charge in [-0.15, -0.1) is 0 Å². The molecule has 9 nitrogen and oxygen atoms in total. The van der Waals surface area contributed by atoms with Gasteiger partial charge in [0, 0.05) is 32.1 Å². The van der Waals surface area contributed by atoms with Crippen LogP contribution in [-0.4, -0.2) is 84.1 Å². The van der Waals surface area contributed by atoms with Crippen molar-refractivity contribution < 1.29 is 18.9 Å². The quantitative estimate of drug-likeness (QED) is 0.108. The van der Waals surface area contributed by atoms with E-state index in [0.29, 0.717) is 52.0 Å². The summed E-state index contributed by atoms with van der Waals surface area (Å²) in [4.78, 5) is 8.68. The Morgan fingerprint density at radius 3 is 1.70 bits per heavy atom. The lowest BCUT2D eigenvalue weighted by Crippen LogP contribution is -2.16. The molecule has 9 heteroatoms. The standard InChI is InChI=1S/C22H43N5O4.C2H6/c1-3-10-28-11-12-29-13-14-30-15-16-31-20-22(27-24)19-26-9-7-5-4-6-8-25-18-21(2)17-23;1-2/h17-19H,3-16,20,23-24H2,1-2H3;1-2H3/b21-17-,25-18?,26-19?,27-22+;. The van der Waals surface area contributed by atoms with E-state index in [2.05, 4.69) is 22.0 Å². The van der Waals surface area contributed by atoms with Gasteiger partial charge in [0.1, 0.15) is 5.71 Å². The average molecular weight is 472 g/mol. The smallest absolute Gasteiger partial charge is 0.103 e. The lowest BCUT2D eigenvalue weighted by atomic mass is 10.2. The molecule has 0 aromatic heterocycles. The molecule has 0 fully saturated rings. The van der Waals surface area contributed by atoms with Crippen LogP contribution in [-0.2, 0) is 18.9 Å². The van der Waals surface area contributed by atoms with E-state index in [4.69, 9.17) is 30.5 Å². The molecular formula is C24H49N5O4. The summed E-state index contributed by atoms with van der Waals surface area (Å²) in [6.45, 7) is 14.0. The van der Waals surface area contributed by atoms with Crippen molar-refractivity contribution in [3.63, 3.8) is 0 Å². The van der Waals surface area contributed by atoms with Crippen LogP contribution < -0.4 is 11.6 Å². The number of hydrazone groups is 1. The van der Waals surface area contributed by atoms with Crippen molar-refractivity contribution in [2.45, 2.75) is 59.8 Å². The Hall–Kier alpha value is -1.81. The fourth-order valence-corrected chi connectivity index (χ4v) is 2.27. The topological polar surface area (TPSA) is 126 Å². The molecule has 33 heavy (non-hydrogen) atoms. The van der Waals surface area contributed by atoms with Gasteiger partial charge in [-0.3, -0.25) is 9.98 Å². The number of nitrogens with two attached hydrogens (primary N) is 2. The molecule has 0 aliphatic rings. The first kappa shape index (κ1) is 33.4. The number of ether oxygens (including phenoxy) is 4. The minimum Gasteiger partial charge on any atom is -0.404 e. The van der Waals surface area contributed by atoms with Crippen LogP contribution in [0.15, 0.2) is 26.9 Å². The van der Waals surface area contributed by atoms with Crippen LogP contribution in [0.1, 0.15) is 59.8 Å². The van der Waals surface area contributed by atoms with E-state index in [0.717, 1.165) is 57.4 Å². The van der Waals surface area contributed by atoms with Gasteiger partial charge in [-0.1, -0.05) is 33.6 Å². The largest absolute Gasteiger partial charge is 0.404 e. The lowest BCUT2D eigenvalue weighted by molar-refractivity contribution is 0.00187. The highest BCUT2D eigenvalue weighted by molar-refractivity contribution is 6.31. The van der Waals surface area contributed by atoms with Gasteiger partial charge >= 0.3 is 0 Å². The Kier molecular flexibility index (Phi) is 30.5. The average Bonchev–Trinajstić information content (AvgIpc) is 2.85. The first-order valence-corrected chi connectivity index (χ1v) is 12.2. The van der Waals surface area contributed by atoms with E-state index in [9.17, 15) is 0 Å². The molecule has 0 rings (SSSR count). The van der Waals surface area contributed by atoms with Crippen molar-refractivity contribution >= 4 is 18.1 Å². The third-order valence-electron chi connectivity index (χ3n) is 4.00. The number of rotatable bonds is 22. The van der Waals surface area contributed by atoms with Crippen LogP contribution in [0.5, 0.6) is 0 Å². The highest BCUT2D eigenvalue weighted by Crippen LogP contribution is 2.00. The molecule has 4 N–H and O–H groups in total. The molecule has 0 heterocycles. The molecule has 0 aromatic carbocycles. The van der Waals surface area contributed by atoms with E-state index >= 15 is 0 Å².